The molecular weight excluding hydrogens is 330 g/mol. The first kappa shape index (κ1) is 16.5. The molecule has 24 heavy (non-hydrogen) atoms. The summed E-state index contributed by atoms with van der Waals surface area (Å²) in [6, 6.07) is 8.25. The molecule has 2 heterocycles. The fourth-order valence-corrected chi connectivity index (χ4v) is 3.80. The number of furan rings is 1. The Morgan fingerprint density at radius 1 is 1.29 bits per heavy atom. The molecule has 2 aromatic rings. The van der Waals surface area contributed by atoms with E-state index >= 15 is 0 Å². The predicted molar refractivity (Wildman–Crippen MR) is 91.3 cm³/mol. The molecule has 7 nitrogen and oxygen atoms in total. The van der Waals surface area contributed by atoms with Crippen LogP contribution in [0.2, 0.25) is 0 Å². The van der Waals surface area contributed by atoms with Gasteiger partial charge >= 0.3 is 0 Å². The van der Waals surface area contributed by atoms with Crippen LogP contribution in [-0.4, -0.2) is 26.9 Å². The van der Waals surface area contributed by atoms with Gasteiger partial charge in [-0.3, -0.25) is 9.52 Å². The number of nitrogens with one attached hydrogen (secondary N) is 2. The average molecular weight is 349 g/mol. The van der Waals surface area contributed by atoms with E-state index in [2.05, 4.69) is 9.44 Å². The highest BCUT2D eigenvalue weighted by Crippen LogP contribution is 2.32. The minimum atomic E-state index is -3.65. The number of rotatable bonds is 5. The first-order valence-corrected chi connectivity index (χ1v) is 9.12. The summed E-state index contributed by atoms with van der Waals surface area (Å²) >= 11 is 0. The fraction of sp³-hybridized carbons (Fsp3) is 0.312. The first-order chi connectivity index (χ1) is 11.4. The quantitative estimate of drug-likeness (QED) is 0.865. The zero-order valence-electron chi connectivity index (χ0n) is 13.4. The van der Waals surface area contributed by atoms with Crippen molar-refractivity contribution in [2.45, 2.75) is 26.3 Å². The maximum Gasteiger partial charge on any atom is 0.299 e. The molecule has 3 rings (SSSR count). The van der Waals surface area contributed by atoms with Crippen molar-refractivity contribution in [2.24, 2.45) is 0 Å². The Kier molecular flexibility index (Phi) is 4.33. The third-order valence-electron chi connectivity index (χ3n) is 3.60. The molecule has 8 heteroatoms. The van der Waals surface area contributed by atoms with Gasteiger partial charge in [-0.2, -0.15) is 13.1 Å². The van der Waals surface area contributed by atoms with E-state index in [0.717, 1.165) is 12.0 Å². The third kappa shape index (κ3) is 3.44. The van der Waals surface area contributed by atoms with Crippen LogP contribution in [0.4, 0.5) is 11.4 Å². The number of hydrogen-bond acceptors (Lipinski definition) is 4. The molecule has 1 aliphatic heterocycles. The van der Waals surface area contributed by atoms with Gasteiger partial charge in [0.05, 0.1) is 12.0 Å². The second-order valence-corrected chi connectivity index (χ2v) is 7.35. The van der Waals surface area contributed by atoms with E-state index in [-0.39, 0.29) is 17.7 Å². The van der Waals surface area contributed by atoms with Gasteiger partial charge in [-0.25, -0.2) is 0 Å². The van der Waals surface area contributed by atoms with Crippen LogP contribution in [0, 0.1) is 0 Å². The van der Waals surface area contributed by atoms with Crippen molar-refractivity contribution >= 4 is 27.5 Å². The lowest BCUT2D eigenvalue weighted by Gasteiger charge is -2.17. The molecule has 1 aromatic heterocycles. The topological polar surface area (TPSA) is 91.7 Å². The molecule has 0 radical (unpaired) electrons. The van der Waals surface area contributed by atoms with Gasteiger partial charge < -0.3 is 9.32 Å². The highest BCUT2D eigenvalue weighted by Gasteiger charge is 2.27. The second kappa shape index (κ2) is 6.29. The summed E-state index contributed by atoms with van der Waals surface area (Å²) < 4.78 is 34.1. The SMILES string of the molecule is CC(C)NS(=O)(=O)Nc1ccc2c(c1)N(C(=O)c1ccco1)CC2. The Balaban J connectivity index is 1.85. The molecular formula is C16H19N3O4S. The van der Waals surface area contributed by atoms with Gasteiger partial charge in [0.1, 0.15) is 0 Å². The lowest BCUT2D eigenvalue weighted by atomic mass is 10.1. The molecule has 0 unspecified atom stereocenters. The number of carbonyl (C=O) groups is 1. The van der Waals surface area contributed by atoms with Crippen molar-refractivity contribution < 1.29 is 17.6 Å². The molecule has 128 valence electrons. The molecule has 1 amide bonds. The largest absolute Gasteiger partial charge is 0.459 e. The minimum Gasteiger partial charge on any atom is -0.459 e. The molecule has 0 atom stereocenters. The number of amides is 1. The molecule has 0 spiro atoms. The predicted octanol–water partition coefficient (Wildman–Crippen LogP) is 2.14. The molecule has 1 aliphatic rings. The molecule has 0 aliphatic carbocycles. The van der Waals surface area contributed by atoms with E-state index in [1.165, 1.54) is 6.26 Å². The van der Waals surface area contributed by atoms with Crippen molar-refractivity contribution in [3.05, 3.63) is 47.9 Å². The Hall–Kier alpha value is -2.32. The smallest absolute Gasteiger partial charge is 0.299 e. The van der Waals surface area contributed by atoms with Crippen molar-refractivity contribution in [3.8, 4) is 0 Å². The lowest BCUT2D eigenvalue weighted by molar-refractivity contribution is 0.0963. The van der Waals surface area contributed by atoms with E-state index < -0.39 is 10.2 Å². The minimum absolute atomic E-state index is 0.214. The molecule has 0 saturated carbocycles. The second-order valence-electron chi connectivity index (χ2n) is 5.91. The Labute approximate surface area is 140 Å². The van der Waals surface area contributed by atoms with Crippen LogP contribution < -0.4 is 14.3 Å². The Bertz CT molecular complexity index is 844. The standard InChI is InChI=1S/C16H19N3O4S/c1-11(2)17-24(21,22)18-13-6-5-12-7-8-19(14(12)10-13)16(20)15-4-3-9-23-15/h3-6,9-11,17-18H,7-8H2,1-2H3. The third-order valence-corrected chi connectivity index (χ3v) is 4.89. The van der Waals surface area contributed by atoms with Crippen LogP contribution in [0.15, 0.2) is 41.0 Å². The number of benzene rings is 1. The summed E-state index contributed by atoms with van der Waals surface area (Å²) in [4.78, 5) is 14.1. The maximum absolute atomic E-state index is 12.5. The van der Waals surface area contributed by atoms with Gasteiger partial charge in [0.25, 0.3) is 16.1 Å². The highest BCUT2D eigenvalue weighted by molar-refractivity contribution is 7.90. The number of nitrogens with zero attached hydrogens (tertiary/aromatic N) is 1. The van der Waals surface area contributed by atoms with E-state index in [4.69, 9.17) is 4.42 Å². The molecule has 0 fully saturated rings. The van der Waals surface area contributed by atoms with E-state index in [1.807, 2.05) is 6.07 Å². The van der Waals surface area contributed by atoms with Crippen molar-refractivity contribution in [2.75, 3.05) is 16.2 Å². The average Bonchev–Trinajstić information content (AvgIpc) is 3.14. The van der Waals surface area contributed by atoms with E-state index in [1.54, 1.807) is 43.0 Å². The first-order valence-electron chi connectivity index (χ1n) is 7.64. The van der Waals surface area contributed by atoms with Gasteiger partial charge in [-0.1, -0.05) is 6.07 Å². The van der Waals surface area contributed by atoms with E-state index in [0.29, 0.717) is 17.9 Å². The summed E-state index contributed by atoms with van der Waals surface area (Å²) in [5, 5.41) is 0. The maximum atomic E-state index is 12.5. The molecule has 2 N–H and O–H groups in total. The van der Waals surface area contributed by atoms with Crippen LogP contribution in [0.3, 0.4) is 0 Å². The number of fused-ring (bicyclic) bond motifs is 1. The molecule has 1 aromatic carbocycles. The van der Waals surface area contributed by atoms with Gasteiger partial charge in [0.15, 0.2) is 5.76 Å². The highest BCUT2D eigenvalue weighted by atomic mass is 32.2. The summed E-state index contributed by atoms with van der Waals surface area (Å²) in [6.07, 6.45) is 2.17. The summed E-state index contributed by atoms with van der Waals surface area (Å²) in [7, 11) is -3.65. The Morgan fingerprint density at radius 2 is 2.08 bits per heavy atom. The van der Waals surface area contributed by atoms with Crippen molar-refractivity contribution in [1.29, 1.82) is 0 Å². The zero-order chi connectivity index (χ0) is 17.3. The zero-order valence-corrected chi connectivity index (χ0v) is 14.3. The Morgan fingerprint density at radius 3 is 2.75 bits per heavy atom. The van der Waals surface area contributed by atoms with Gasteiger partial charge in [-0.15, -0.1) is 0 Å². The summed E-state index contributed by atoms with van der Waals surface area (Å²) in [5.74, 6) is 0.0226. The monoisotopic (exact) mass is 349 g/mol. The van der Waals surface area contributed by atoms with Gasteiger partial charge in [-0.05, 0) is 50.1 Å². The van der Waals surface area contributed by atoms with Crippen LogP contribution >= 0.6 is 0 Å². The van der Waals surface area contributed by atoms with Crippen LogP contribution in [0.25, 0.3) is 0 Å². The number of carbonyl (C=O) groups excluding carboxylic acids is 1. The van der Waals surface area contributed by atoms with Gasteiger partial charge in [0, 0.05) is 18.3 Å². The number of anilines is 2. The lowest BCUT2D eigenvalue weighted by Crippen LogP contribution is -2.35. The van der Waals surface area contributed by atoms with Crippen molar-refractivity contribution in [3.63, 3.8) is 0 Å². The van der Waals surface area contributed by atoms with E-state index in [9.17, 15) is 13.2 Å². The fourth-order valence-electron chi connectivity index (χ4n) is 2.68. The summed E-state index contributed by atoms with van der Waals surface area (Å²) in [5.41, 5.74) is 2.09. The normalized spacial score (nSPS) is 14.0. The molecule has 0 saturated heterocycles. The molecule has 0 bridgehead atoms. The van der Waals surface area contributed by atoms with Crippen LogP contribution in [0.5, 0.6) is 0 Å². The summed E-state index contributed by atoms with van der Waals surface area (Å²) in [6.45, 7) is 4.02. The van der Waals surface area contributed by atoms with Gasteiger partial charge in [0.2, 0.25) is 0 Å². The number of hydrogen-bond donors (Lipinski definition) is 2. The van der Waals surface area contributed by atoms with Crippen molar-refractivity contribution in [1.82, 2.24) is 4.72 Å². The van der Waals surface area contributed by atoms with Crippen LogP contribution in [-0.2, 0) is 16.6 Å². The van der Waals surface area contributed by atoms with Crippen LogP contribution in [0.1, 0.15) is 30.0 Å².